The number of nitrogens with one attached hydrogen (secondary N) is 2. The molecule has 0 radical (unpaired) electrons. The van der Waals surface area contributed by atoms with Crippen LogP contribution in [0.1, 0.15) is 6.42 Å². The minimum absolute atomic E-state index is 0.0719. The number of hydrogen-bond donors (Lipinski definition) is 2. The van der Waals surface area contributed by atoms with Gasteiger partial charge in [-0.1, -0.05) is 41.9 Å². The largest absolute Gasteiger partial charge is 0.385 e. The number of benzene rings is 2. The summed E-state index contributed by atoms with van der Waals surface area (Å²) in [5, 5.41) is 7.24. The summed E-state index contributed by atoms with van der Waals surface area (Å²) >= 11 is 7.55. The molecule has 2 N–H and O–H groups in total. The molecule has 7 heteroatoms. The van der Waals surface area contributed by atoms with Gasteiger partial charge in [0.1, 0.15) is 0 Å². The van der Waals surface area contributed by atoms with Gasteiger partial charge >= 0.3 is 5.16 Å². The first-order valence-corrected chi connectivity index (χ1v) is 8.78. The maximum absolute atomic E-state index is 12.0. The minimum Gasteiger partial charge on any atom is -0.325 e. The van der Waals surface area contributed by atoms with Crippen molar-refractivity contribution in [1.29, 1.82) is 0 Å². The molecular formula is C17H16ClN4OS+. The van der Waals surface area contributed by atoms with E-state index in [0.717, 1.165) is 10.8 Å². The minimum atomic E-state index is -0.0719. The Morgan fingerprint density at radius 1 is 1.17 bits per heavy atom. The fourth-order valence-corrected chi connectivity index (χ4v) is 3.20. The van der Waals surface area contributed by atoms with Crippen molar-refractivity contribution >= 4 is 35.0 Å². The lowest BCUT2D eigenvalue weighted by Gasteiger charge is -2.05. The molecule has 0 atom stereocenters. The van der Waals surface area contributed by atoms with Gasteiger partial charge in [0.05, 0.1) is 10.7 Å². The summed E-state index contributed by atoms with van der Waals surface area (Å²) in [5.74, 6) is 0.547. The zero-order valence-electron chi connectivity index (χ0n) is 12.8. The quantitative estimate of drug-likeness (QED) is 0.523. The maximum Gasteiger partial charge on any atom is 0.385 e. The van der Waals surface area contributed by atoms with E-state index >= 15 is 0 Å². The lowest BCUT2D eigenvalue weighted by Crippen LogP contribution is -2.34. The number of amides is 1. The molecule has 1 amide bonds. The molecule has 2 aromatic carbocycles. The number of thioether (sulfide) groups is 1. The van der Waals surface area contributed by atoms with Crippen LogP contribution in [0.15, 0.2) is 66.1 Å². The van der Waals surface area contributed by atoms with Gasteiger partial charge in [-0.15, -0.1) is 4.68 Å². The molecule has 5 nitrogen and oxygen atoms in total. The third-order valence-corrected chi connectivity index (χ3v) is 4.56. The Hall–Kier alpha value is -2.31. The number of aromatic amines is 1. The maximum atomic E-state index is 12.0. The van der Waals surface area contributed by atoms with Crippen molar-refractivity contribution in [3.05, 3.63) is 65.9 Å². The van der Waals surface area contributed by atoms with Crippen LogP contribution < -0.4 is 10.00 Å². The number of nitrogens with zero attached hydrogens (tertiary/aromatic N) is 2. The van der Waals surface area contributed by atoms with Gasteiger partial charge in [-0.3, -0.25) is 4.79 Å². The van der Waals surface area contributed by atoms with Crippen LogP contribution in [0.5, 0.6) is 0 Å². The Morgan fingerprint density at radius 3 is 2.71 bits per heavy atom. The molecule has 0 bridgehead atoms. The molecule has 0 unspecified atom stereocenters. The fourth-order valence-electron chi connectivity index (χ4n) is 2.13. The molecule has 3 rings (SSSR count). The van der Waals surface area contributed by atoms with Gasteiger partial charge in [0.15, 0.2) is 5.69 Å². The normalized spacial score (nSPS) is 10.5. The number of rotatable bonds is 6. The number of aromatic nitrogens is 3. The molecule has 0 aliphatic heterocycles. The van der Waals surface area contributed by atoms with Crippen LogP contribution in [-0.4, -0.2) is 21.7 Å². The van der Waals surface area contributed by atoms with Crippen LogP contribution in [0.25, 0.3) is 5.69 Å². The van der Waals surface area contributed by atoms with Crippen molar-refractivity contribution in [2.24, 2.45) is 0 Å². The highest BCUT2D eigenvalue weighted by molar-refractivity contribution is 7.99. The van der Waals surface area contributed by atoms with Crippen LogP contribution in [0.3, 0.4) is 0 Å². The SMILES string of the molecule is O=C(CCSc1nc[nH][n+]1-c1ccccc1)Nc1ccccc1Cl. The predicted molar refractivity (Wildman–Crippen MR) is 95.5 cm³/mol. The van der Waals surface area contributed by atoms with Gasteiger partial charge in [-0.25, -0.2) is 0 Å². The van der Waals surface area contributed by atoms with Crippen LogP contribution in [0.2, 0.25) is 5.02 Å². The van der Waals surface area contributed by atoms with Crippen molar-refractivity contribution in [2.75, 3.05) is 11.1 Å². The molecule has 1 heterocycles. The predicted octanol–water partition coefficient (Wildman–Crippen LogP) is 3.46. The first-order valence-electron chi connectivity index (χ1n) is 7.42. The number of anilines is 1. The number of carbonyl (C=O) groups is 1. The summed E-state index contributed by atoms with van der Waals surface area (Å²) in [6.45, 7) is 0. The van der Waals surface area contributed by atoms with Gasteiger partial charge in [0, 0.05) is 12.2 Å². The standard InChI is InChI=1S/C17H15ClN4OS/c18-14-8-4-5-9-15(14)21-16(23)10-11-24-17-19-12-20-22(17)13-6-2-1-3-7-13/h1-9,12H,10-11H2,(H,21,23)/p+1. The van der Waals surface area contributed by atoms with Gasteiger partial charge in [0.2, 0.25) is 12.2 Å². The Morgan fingerprint density at radius 2 is 1.92 bits per heavy atom. The monoisotopic (exact) mass is 359 g/mol. The van der Waals surface area contributed by atoms with Crippen molar-refractivity contribution in [1.82, 2.24) is 10.1 Å². The van der Waals surface area contributed by atoms with Crippen LogP contribution >= 0.6 is 23.4 Å². The Balaban J connectivity index is 1.55. The summed E-state index contributed by atoms with van der Waals surface area (Å²) in [6, 6.07) is 17.1. The highest BCUT2D eigenvalue weighted by atomic mass is 35.5. The number of halogens is 1. The third-order valence-electron chi connectivity index (χ3n) is 3.28. The van der Waals surface area contributed by atoms with E-state index in [-0.39, 0.29) is 5.91 Å². The van der Waals surface area contributed by atoms with Crippen LogP contribution in [-0.2, 0) is 4.79 Å². The Bertz CT molecular complexity index is 822. The Kier molecular flexibility index (Phi) is 5.51. The second-order valence-corrected chi connectivity index (χ2v) is 6.44. The van der Waals surface area contributed by atoms with Crippen molar-refractivity contribution in [2.45, 2.75) is 11.6 Å². The van der Waals surface area contributed by atoms with Gasteiger partial charge < -0.3 is 5.32 Å². The fraction of sp³-hybridized carbons (Fsp3) is 0.118. The third kappa shape index (κ3) is 4.15. The van der Waals surface area contributed by atoms with Crippen molar-refractivity contribution in [3.63, 3.8) is 0 Å². The molecular weight excluding hydrogens is 344 g/mol. The number of para-hydroxylation sites is 2. The van der Waals surface area contributed by atoms with Gasteiger partial charge in [-0.05, 0) is 41.0 Å². The van der Waals surface area contributed by atoms with E-state index in [2.05, 4.69) is 15.4 Å². The van der Waals surface area contributed by atoms with E-state index in [4.69, 9.17) is 11.6 Å². The summed E-state index contributed by atoms with van der Waals surface area (Å²) in [4.78, 5) is 16.3. The second-order valence-electron chi connectivity index (χ2n) is 4.97. The summed E-state index contributed by atoms with van der Waals surface area (Å²) in [5.41, 5.74) is 1.63. The van der Waals surface area contributed by atoms with Crippen LogP contribution in [0.4, 0.5) is 5.69 Å². The summed E-state index contributed by atoms with van der Waals surface area (Å²) in [6.07, 6.45) is 2.01. The molecule has 122 valence electrons. The molecule has 0 aliphatic rings. The van der Waals surface area contributed by atoms with Crippen LogP contribution in [0, 0.1) is 0 Å². The van der Waals surface area contributed by atoms with E-state index in [1.54, 1.807) is 18.5 Å². The first-order chi connectivity index (χ1) is 11.7. The lowest BCUT2D eigenvalue weighted by molar-refractivity contribution is -0.694. The molecule has 0 saturated heterocycles. The smallest absolute Gasteiger partial charge is 0.325 e. The molecule has 0 aliphatic carbocycles. The lowest BCUT2D eigenvalue weighted by atomic mass is 10.3. The van der Waals surface area contributed by atoms with E-state index in [0.29, 0.717) is 22.9 Å². The summed E-state index contributed by atoms with van der Waals surface area (Å²) in [7, 11) is 0. The zero-order valence-corrected chi connectivity index (χ0v) is 14.3. The molecule has 3 aromatic rings. The highest BCUT2D eigenvalue weighted by Gasteiger charge is 2.17. The molecule has 0 spiro atoms. The number of H-pyrrole nitrogens is 1. The molecule has 0 fully saturated rings. The number of carbonyl (C=O) groups excluding carboxylic acids is 1. The number of hydrogen-bond acceptors (Lipinski definition) is 3. The average Bonchev–Trinajstić information content (AvgIpc) is 3.06. The van der Waals surface area contributed by atoms with Crippen molar-refractivity contribution in [3.8, 4) is 5.69 Å². The van der Waals surface area contributed by atoms with Gasteiger partial charge in [-0.2, -0.15) is 5.10 Å². The van der Waals surface area contributed by atoms with Gasteiger partial charge in [0.25, 0.3) is 0 Å². The van der Waals surface area contributed by atoms with E-state index in [9.17, 15) is 4.79 Å². The van der Waals surface area contributed by atoms with E-state index in [1.807, 2.05) is 47.1 Å². The molecule has 1 aromatic heterocycles. The summed E-state index contributed by atoms with van der Waals surface area (Å²) < 4.78 is 1.89. The van der Waals surface area contributed by atoms with E-state index < -0.39 is 0 Å². The van der Waals surface area contributed by atoms with Crippen molar-refractivity contribution < 1.29 is 9.48 Å². The second kappa shape index (κ2) is 7.99. The Labute approximate surface area is 149 Å². The average molecular weight is 360 g/mol. The topological polar surface area (TPSA) is 61.7 Å². The molecule has 24 heavy (non-hydrogen) atoms. The molecule has 0 saturated carbocycles. The first kappa shape index (κ1) is 16.5. The highest BCUT2D eigenvalue weighted by Crippen LogP contribution is 2.21. The zero-order chi connectivity index (χ0) is 16.8. The van der Waals surface area contributed by atoms with E-state index in [1.165, 1.54) is 11.8 Å².